The number of thioether (sulfide) groups is 1. The number of allylic oxidation sites excluding steroid dienone is 2. The van der Waals surface area contributed by atoms with Gasteiger partial charge in [-0.25, -0.2) is 0 Å². The Hall–Kier alpha value is -3.17. The Morgan fingerprint density at radius 3 is 2.48 bits per heavy atom. The minimum absolute atomic E-state index is 0.0544. The molecule has 0 radical (unpaired) electrons. The molecular formula is C22H21N3O5S. The Bertz CT molecular complexity index is 1080. The van der Waals surface area contributed by atoms with E-state index in [1.807, 2.05) is 12.1 Å². The van der Waals surface area contributed by atoms with Crippen molar-refractivity contribution in [1.29, 1.82) is 0 Å². The summed E-state index contributed by atoms with van der Waals surface area (Å²) in [6.45, 7) is 2.72. The molecule has 1 aliphatic heterocycles. The zero-order valence-corrected chi connectivity index (χ0v) is 17.5. The van der Waals surface area contributed by atoms with Crippen molar-refractivity contribution in [2.45, 2.75) is 17.7 Å². The number of hydrogen-bond acceptors (Lipinski definition) is 7. The molecule has 1 aliphatic carbocycles. The molecule has 1 heterocycles. The maximum absolute atomic E-state index is 11.5. The Labute approximate surface area is 183 Å². The lowest BCUT2D eigenvalue weighted by Crippen LogP contribution is -2.35. The van der Waals surface area contributed by atoms with E-state index in [9.17, 15) is 20.2 Å². The molecule has 0 saturated carbocycles. The van der Waals surface area contributed by atoms with Gasteiger partial charge in [-0.3, -0.25) is 20.2 Å². The summed E-state index contributed by atoms with van der Waals surface area (Å²) >= 11 is 1.44. The van der Waals surface area contributed by atoms with Crippen molar-refractivity contribution in [3.8, 4) is 0 Å². The number of ether oxygens (including phenoxy) is 1. The predicted octanol–water partition coefficient (Wildman–Crippen LogP) is 5.02. The van der Waals surface area contributed by atoms with Crippen molar-refractivity contribution >= 4 is 29.2 Å². The van der Waals surface area contributed by atoms with Gasteiger partial charge in [0.2, 0.25) is 0 Å². The second-order valence-corrected chi connectivity index (χ2v) is 8.36. The highest BCUT2D eigenvalue weighted by molar-refractivity contribution is 8.03. The van der Waals surface area contributed by atoms with Crippen molar-refractivity contribution in [2.75, 3.05) is 26.3 Å². The summed E-state index contributed by atoms with van der Waals surface area (Å²) in [5.41, 5.74) is 3.07. The van der Waals surface area contributed by atoms with Crippen LogP contribution in [-0.4, -0.2) is 41.0 Å². The minimum atomic E-state index is -0.398. The van der Waals surface area contributed by atoms with Gasteiger partial charge in [0.05, 0.1) is 33.7 Å². The third kappa shape index (κ3) is 4.78. The zero-order chi connectivity index (χ0) is 21.8. The van der Waals surface area contributed by atoms with Crippen LogP contribution in [0.2, 0.25) is 0 Å². The van der Waals surface area contributed by atoms with Gasteiger partial charge in [0.15, 0.2) is 0 Å². The summed E-state index contributed by atoms with van der Waals surface area (Å²) in [6, 6.07) is 13.3. The molecule has 0 unspecified atom stereocenters. The van der Waals surface area contributed by atoms with Gasteiger partial charge in [0, 0.05) is 36.2 Å². The molecule has 9 heteroatoms. The Kier molecular flexibility index (Phi) is 6.34. The van der Waals surface area contributed by atoms with Crippen LogP contribution >= 0.6 is 11.8 Å². The smallest absolute Gasteiger partial charge is 0.283 e. The second kappa shape index (κ2) is 9.32. The van der Waals surface area contributed by atoms with Gasteiger partial charge >= 0.3 is 0 Å². The predicted molar refractivity (Wildman–Crippen MR) is 119 cm³/mol. The van der Waals surface area contributed by atoms with Crippen molar-refractivity contribution in [2.24, 2.45) is 0 Å². The fourth-order valence-electron chi connectivity index (χ4n) is 3.83. The van der Waals surface area contributed by atoms with Crippen LogP contribution in [0.1, 0.15) is 18.4 Å². The highest BCUT2D eigenvalue weighted by Gasteiger charge is 2.28. The molecular weight excluding hydrogens is 418 g/mol. The van der Waals surface area contributed by atoms with Crippen LogP contribution in [0.25, 0.3) is 6.08 Å². The molecule has 0 aromatic heterocycles. The molecule has 2 aromatic carbocycles. The van der Waals surface area contributed by atoms with E-state index >= 15 is 0 Å². The molecule has 4 rings (SSSR count). The number of nitrogens with zero attached hydrogens (tertiary/aromatic N) is 3. The Morgan fingerprint density at radius 2 is 1.74 bits per heavy atom. The van der Waals surface area contributed by atoms with Crippen molar-refractivity contribution in [1.82, 2.24) is 4.90 Å². The lowest BCUT2D eigenvalue weighted by Gasteiger charge is -2.31. The average molecular weight is 439 g/mol. The van der Waals surface area contributed by atoms with Crippen LogP contribution in [0.4, 0.5) is 11.4 Å². The molecule has 0 amide bonds. The van der Waals surface area contributed by atoms with Crippen LogP contribution in [0, 0.1) is 20.2 Å². The first-order valence-electron chi connectivity index (χ1n) is 9.95. The van der Waals surface area contributed by atoms with E-state index in [0.717, 1.165) is 47.7 Å². The van der Waals surface area contributed by atoms with E-state index in [-0.39, 0.29) is 16.3 Å². The van der Waals surface area contributed by atoms with E-state index in [4.69, 9.17) is 4.74 Å². The van der Waals surface area contributed by atoms with Crippen molar-refractivity contribution in [3.05, 3.63) is 90.5 Å². The van der Waals surface area contributed by atoms with E-state index in [1.54, 1.807) is 30.3 Å². The summed E-state index contributed by atoms with van der Waals surface area (Å²) in [5.74, 6) is 0. The number of nitro groups is 2. The van der Waals surface area contributed by atoms with E-state index in [1.165, 1.54) is 23.9 Å². The summed E-state index contributed by atoms with van der Waals surface area (Å²) in [7, 11) is 0. The lowest BCUT2D eigenvalue weighted by atomic mass is 10.1. The number of rotatable bonds is 6. The van der Waals surface area contributed by atoms with Crippen LogP contribution in [0.15, 0.2) is 69.6 Å². The topological polar surface area (TPSA) is 98.8 Å². The molecule has 1 fully saturated rings. The minimum Gasteiger partial charge on any atom is -0.378 e. The van der Waals surface area contributed by atoms with Gasteiger partial charge in [-0.1, -0.05) is 36.0 Å². The lowest BCUT2D eigenvalue weighted by molar-refractivity contribution is -0.387. The number of hydrogen-bond donors (Lipinski definition) is 0. The van der Waals surface area contributed by atoms with Crippen LogP contribution in [-0.2, 0) is 4.74 Å². The van der Waals surface area contributed by atoms with E-state index in [0.29, 0.717) is 18.1 Å². The number of non-ortho nitro benzene ring substituents is 1. The standard InChI is InChI=1S/C22H21N3O5S/c26-24(27)18-5-3-4-16(15-18)14-17-8-9-21(22(17)23-10-12-30-13-11-23)31-20-7-2-1-6-19(20)25(28)29/h1-7,14-15H,8-13H2. The van der Waals surface area contributed by atoms with Gasteiger partial charge in [-0.15, -0.1) is 0 Å². The first kappa shape index (κ1) is 21.1. The largest absolute Gasteiger partial charge is 0.378 e. The highest BCUT2D eigenvalue weighted by Crippen LogP contribution is 2.45. The summed E-state index contributed by atoms with van der Waals surface area (Å²) in [5, 5.41) is 22.6. The summed E-state index contributed by atoms with van der Waals surface area (Å²) < 4.78 is 5.50. The molecule has 0 N–H and O–H groups in total. The normalized spacial score (nSPS) is 17.9. The molecule has 1 saturated heterocycles. The second-order valence-electron chi connectivity index (χ2n) is 7.22. The monoisotopic (exact) mass is 439 g/mol. The maximum Gasteiger partial charge on any atom is 0.283 e. The summed E-state index contributed by atoms with van der Waals surface area (Å²) in [4.78, 5) is 25.8. The zero-order valence-electron chi connectivity index (χ0n) is 16.7. The van der Waals surface area contributed by atoms with Crippen LogP contribution < -0.4 is 0 Å². The summed E-state index contributed by atoms with van der Waals surface area (Å²) in [6.07, 6.45) is 3.53. The van der Waals surface area contributed by atoms with E-state index in [2.05, 4.69) is 4.90 Å². The van der Waals surface area contributed by atoms with Crippen molar-refractivity contribution in [3.63, 3.8) is 0 Å². The SMILES string of the molecule is O=[N+]([O-])c1cccc(C=C2CCC(Sc3ccccc3[N+](=O)[O-])=C2N2CCOCC2)c1. The highest BCUT2D eigenvalue weighted by atomic mass is 32.2. The fraction of sp³-hybridized carbons (Fsp3) is 0.273. The molecule has 160 valence electrons. The van der Waals surface area contributed by atoms with Crippen LogP contribution in [0.3, 0.4) is 0 Å². The first-order chi connectivity index (χ1) is 15.0. The molecule has 2 aliphatic rings. The maximum atomic E-state index is 11.5. The third-order valence-corrected chi connectivity index (χ3v) is 6.44. The fourth-order valence-corrected chi connectivity index (χ4v) is 5.05. The average Bonchev–Trinajstić information content (AvgIpc) is 3.16. The van der Waals surface area contributed by atoms with Crippen LogP contribution in [0.5, 0.6) is 0 Å². The molecule has 31 heavy (non-hydrogen) atoms. The van der Waals surface area contributed by atoms with Gasteiger partial charge < -0.3 is 9.64 Å². The van der Waals surface area contributed by atoms with Gasteiger partial charge in [-0.05, 0) is 36.1 Å². The third-order valence-electron chi connectivity index (χ3n) is 5.23. The number of benzene rings is 2. The molecule has 0 bridgehead atoms. The molecule has 0 atom stereocenters. The first-order valence-corrected chi connectivity index (χ1v) is 10.8. The molecule has 2 aromatic rings. The molecule has 0 spiro atoms. The Balaban J connectivity index is 1.73. The van der Waals surface area contributed by atoms with Gasteiger partial charge in [0.25, 0.3) is 11.4 Å². The quantitative estimate of drug-likeness (QED) is 0.460. The van der Waals surface area contributed by atoms with E-state index < -0.39 is 4.92 Å². The number of morpholine rings is 1. The van der Waals surface area contributed by atoms with Crippen molar-refractivity contribution < 1.29 is 14.6 Å². The van der Waals surface area contributed by atoms with Gasteiger partial charge in [-0.2, -0.15) is 0 Å². The molecule has 8 nitrogen and oxygen atoms in total. The van der Waals surface area contributed by atoms with Gasteiger partial charge in [0.1, 0.15) is 0 Å². The number of nitro benzene ring substituents is 2. The Morgan fingerprint density at radius 1 is 0.968 bits per heavy atom. The number of para-hydroxylation sites is 1.